The van der Waals surface area contributed by atoms with E-state index in [1.165, 1.54) is 4.88 Å². The molecular weight excluding hydrogens is 324 g/mol. The minimum atomic E-state index is 0.103. The molecule has 1 aromatic carbocycles. The zero-order valence-corrected chi connectivity index (χ0v) is 13.1. The minimum Gasteiger partial charge on any atom is -0.497 e. The molecule has 5 heteroatoms. The highest BCUT2D eigenvalue weighted by molar-refractivity contribution is 9.10. The van der Waals surface area contributed by atoms with E-state index >= 15 is 0 Å². The van der Waals surface area contributed by atoms with Gasteiger partial charge in [0, 0.05) is 28.5 Å². The van der Waals surface area contributed by atoms with Crippen molar-refractivity contribution in [1.82, 2.24) is 5.32 Å². The molecule has 19 heavy (non-hydrogen) atoms. The Kier molecular flexibility index (Phi) is 5.39. The second-order valence-electron chi connectivity index (χ2n) is 4.14. The quantitative estimate of drug-likeness (QED) is 0.847. The Bertz CT molecular complexity index is 516. The topological polar surface area (TPSA) is 47.3 Å². The standard InChI is InChI=1S/C14H17BrN2OS/c1-18-10-4-5-13(15)12(7-10)14(8-16)17-9-11-3-2-6-19-11/h2-7,14,17H,8-9,16H2,1H3. The van der Waals surface area contributed by atoms with Crippen molar-refractivity contribution in [1.29, 1.82) is 0 Å². The number of halogens is 1. The maximum atomic E-state index is 5.88. The number of nitrogens with one attached hydrogen (secondary N) is 1. The molecule has 1 unspecified atom stereocenters. The molecule has 2 aromatic rings. The van der Waals surface area contributed by atoms with E-state index < -0.39 is 0 Å². The maximum Gasteiger partial charge on any atom is 0.119 e. The zero-order valence-electron chi connectivity index (χ0n) is 10.7. The van der Waals surface area contributed by atoms with E-state index in [1.807, 2.05) is 18.2 Å². The van der Waals surface area contributed by atoms with E-state index in [2.05, 4.69) is 38.8 Å². The van der Waals surface area contributed by atoms with Gasteiger partial charge in [-0.05, 0) is 35.2 Å². The van der Waals surface area contributed by atoms with Crippen LogP contribution in [0.3, 0.4) is 0 Å². The van der Waals surface area contributed by atoms with Crippen LogP contribution in [0.15, 0.2) is 40.2 Å². The van der Waals surface area contributed by atoms with Gasteiger partial charge in [0.15, 0.2) is 0 Å². The summed E-state index contributed by atoms with van der Waals surface area (Å²) in [7, 11) is 1.67. The molecular formula is C14H17BrN2OS. The first-order valence-corrected chi connectivity index (χ1v) is 7.71. The summed E-state index contributed by atoms with van der Waals surface area (Å²) in [6, 6.07) is 10.2. The molecule has 0 aliphatic carbocycles. The van der Waals surface area contributed by atoms with Gasteiger partial charge in [0.2, 0.25) is 0 Å². The average Bonchev–Trinajstić information content (AvgIpc) is 2.94. The molecule has 1 heterocycles. The van der Waals surface area contributed by atoms with Crippen molar-refractivity contribution in [2.75, 3.05) is 13.7 Å². The number of hydrogen-bond acceptors (Lipinski definition) is 4. The SMILES string of the molecule is COc1ccc(Br)c(C(CN)NCc2cccs2)c1. The minimum absolute atomic E-state index is 0.103. The lowest BCUT2D eigenvalue weighted by molar-refractivity contribution is 0.412. The van der Waals surface area contributed by atoms with Gasteiger partial charge in [-0.3, -0.25) is 0 Å². The summed E-state index contributed by atoms with van der Waals surface area (Å²) in [5.74, 6) is 0.842. The summed E-state index contributed by atoms with van der Waals surface area (Å²) in [5.41, 5.74) is 7.01. The summed E-state index contributed by atoms with van der Waals surface area (Å²) in [6.45, 7) is 1.36. The highest BCUT2D eigenvalue weighted by Gasteiger charge is 2.13. The molecule has 102 valence electrons. The van der Waals surface area contributed by atoms with Crippen LogP contribution < -0.4 is 15.8 Å². The van der Waals surface area contributed by atoms with Gasteiger partial charge in [0.25, 0.3) is 0 Å². The summed E-state index contributed by atoms with van der Waals surface area (Å²) >= 11 is 5.31. The third-order valence-corrected chi connectivity index (χ3v) is 4.52. The van der Waals surface area contributed by atoms with Crippen molar-refractivity contribution in [2.45, 2.75) is 12.6 Å². The first-order chi connectivity index (χ1) is 9.24. The number of rotatable bonds is 6. The van der Waals surface area contributed by atoms with Crippen molar-refractivity contribution in [3.05, 3.63) is 50.6 Å². The molecule has 0 radical (unpaired) electrons. The number of methoxy groups -OCH3 is 1. The smallest absolute Gasteiger partial charge is 0.119 e. The van der Waals surface area contributed by atoms with E-state index in [9.17, 15) is 0 Å². The normalized spacial score (nSPS) is 12.4. The second kappa shape index (κ2) is 7.05. The maximum absolute atomic E-state index is 5.88. The first kappa shape index (κ1) is 14.5. The van der Waals surface area contributed by atoms with Crippen LogP contribution in [0.4, 0.5) is 0 Å². The van der Waals surface area contributed by atoms with Crippen molar-refractivity contribution in [3.63, 3.8) is 0 Å². The molecule has 0 fully saturated rings. The van der Waals surface area contributed by atoms with Crippen LogP contribution in [-0.2, 0) is 6.54 Å². The number of benzene rings is 1. The molecule has 0 aliphatic rings. The Balaban J connectivity index is 2.12. The van der Waals surface area contributed by atoms with Gasteiger partial charge in [-0.2, -0.15) is 0 Å². The highest BCUT2D eigenvalue weighted by Crippen LogP contribution is 2.27. The number of ether oxygens (including phenoxy) is 1. The predicted octanol–water partition coefficient (Wildman–Crippen LogP) is 3.31. The highest BCUT2D eigenvalue weighted by atomic mass is 79.9. The van der Waals surface area contributed by atoms with Gasteiger partial charge in [-0.1, -0.05) is 22.0 Å². The molecule has 2 rings (SSSR count). The van der Waals surface area contributed by atoms with E-state index in [1.54, 1.807) is 18.4 Å². The van der Waals surface area contributed by atoms with Crippen LogP contribution in [0.2, 0.25) is 0 Å². The van der Waals surface area contributed by atoms with Gasteiger partial charge in [-0.25, -0.2) is 0 Å². The molecule has 0 spiro atoms. The third-order valence-electron chi connectivity index (χ3n) is 2.92. The number of nitrogens with two attached hydrogens (primary N) is 1. The van der Waals surface area contributed by atoms with Crippen LogP contribution in [0.5, 0.6) is 5.75 Å². The molecule has 3 nitrogen and oxygen atoms in total. The van der Waals surface area contributed by atoms with Gasteiger partial charge in [-0.15, -0.1) is 11.3 Å². The van der Waals surface area contributed by atoms with Crippen LogP contribution in [0.1, 0.15) is 16.5 Å². The average molecular weight is 341 g/mol. The Morgan fingerprint density at radius 3 is 2.89 bits per heavy atom. The molecule has 3 N–H and O–H groups in total. The van der Waals surface area contributed by atoms with E-state index in [0.717, 1.165) is 22.3 Å². The summed E-state index contributed by atoms with van der Waals surface area (Å²) in [5, 5.41) is 5.56. The van der Waals surface area contributed by atoms with E-state index in [-0.39, 0.29) is 6.04 Å². The summed E-state index contributed by atoms with van der Waals surface area (Å²) in [6.07, 6.45) is 0. The largest absolute Gasteiger partial charge is 0.497 e. The Hall–Kier alpha value is -0.880. The Morgan fingerprint density at radius 2 is 2.26 bits per heavy atom. The monoisotopic (exact) mass is 340 g/mol. The molecule has 0 aliphatic heterocycles. The second-order valence-corrected chi connectivity index (χ2v) is 6.02. The fourth-order valence-corrected chi connectivity index (χ4v) is 3.05. The van der Waals surface area contributed by atoms with E-state index in [0.29, 0.717) is 6.54 Å². The number of hydrogen-bond donors (Lipinski definition) is 2. The lowest BCUT2D eigenvalue weighted by Crippen LogP contribution is -2.27. The lowest BCUT2D eigenvalue weighted by Gasteiger charge is -2.19. The fraction of sp³-hybridized carbons (Fsp3) is 0.286. The van der Waals surface area contributed by atoms with Crippen LogP contribution in [-0.4, -0.2) is 13.7 Å². The predicted molar refractivity (Wildman–Crippen MR) is 83.6 cm³/mol. The van der Waals surface area contributed by atoms with Crippen LogP contribution in [0.25, 0.3) is 0 Å². The van der Waals surface area contributed by atoms with Gasteiger partial charge in [0.1, 0.15) is 5.75 Å². The summed E-state index contributed by atoms with van der Waals surface area (Å²) < 4.78 is 6.31. The summed E-state index contributed by atoms with van der Waals surface area (Å²) in [4.78, 5) is 1.30. The van der Waals surface area contributed by atoms with Crippen molar-refractivity contribution in [3.8, 4) is 5.75 Å². The van der Waals surface area contributed by atoms with Gasteiger partial charge < -0.3 is 15.8 Å². The number of thiophene rings is 1. The lowest BCUT2D eigenvalue weighted by atomic mass is 10.1. The third kappa shape index (κ3) is 3.79. The molecule has 0 bridgehead atoms. The fourth-order valence-electron chi connectivity index (χ4n) is 1.87. The van der Waals surface area contributed by atoms with Crippen molar-refractivity contribution < 1.29 is 4.74 Å². The first-order valence-electron chi connectivity index (χ1n) is 6.04. The van der Waals surface area contributed by atoms with Crippen LogP contribution in [0, 0.1) is 0 Å². The molecule has 0 saturated heterocycles. The Labute approximate surface area is 125 Å². The zero-order chi connectivity index (χ0) is 13.7. The van der Waals surface area contributed by atoms with Crippen molar-refractivity contribution >= 4 is 27.3 Å². The van der Waals surface area contributed by atoms with Crippen molar-refractivity contribution in [2.24, 2.45) is 5.73 Å². The van der Waals surface area contributed by atoms with Gasteiger partial charge in [0.05, 0.1) is 7.11 Å². The molecule has 1 aromatic heterocycles. The van der Waals surface area contributed by atoms with Crippen LogP contribution >= 0.6 is 27.3 Å². The molecule has 1 atom stereocenters. The molecule has 0 saturated carbocycles. The van der Waals surface area contributed by atoms with Gasteiger partial charge >= 0.3 is 0 Å². The van der Waals surface area contributed by atoms with E-state index in [4.69, 9.17) is 10.5 Å². The molecule has 0 amide bonds. The Morgan fingerprint density at radius 1 is 1.42 bits per heavy atom.